The van der Waals surface area contributed by atoms with E-state index in [0.717, 1.165) is 38.0 Å². The number of aliphatic hydroxyl groups is 1. The number of aliphatic hydroxyl groups excluding tert-OH is 1. The summed E-state index contributed by atoms with van der Waals surface area (Å²) in [4.78, 5) is 0. The molecule has 0 radical (unpaired) electrons. The number of hydrogen-bond acceptors (Lipinski definition) is 3. The summed E-state index contributed by atoms with van der Waals surface area (Å²) in [7, 11) is 1.68. The van der Waals surface area contributed by atoms with Gasteiger partial charge in [-0.2, -0.15) is 0 Å². The van der Waals surface area contributed by atoms with Gasteiger partial charge in [-0.15, -0.1) is 0 Å². The van der Waals surface area contributed by atoms with Gasteiger partial charge in [0.05, 0.1) is 13.2 Å². The Bertz CT molecular complexity index is 337. The quantitative estimate of drug-likeness (QED) is 0.817. The van der Waals surface area contributed by atoms with Crippen molar-refractivity contribution in [3.8, 4) is 5.75 Å². The molecule has 1 aliphatic carbocycles. The zero-order valence-electron chi connectivity index (χ0n) is 10.4. The number of methoxy groups -OCH3 is 1. The summed E-state index contributed by atoms with van der Waals surface area (Å²) >= 11 is 0. The predicted molar refractivity (Wildman–Crippen MR) is 68.3 cm³/mol. The van der Waals surface area contributed by atoms with Crippen LogP contribution in [-0.4, -0.2) is 30.9 Å². The largest absolute Gasteiger partial charge is 0.497 e. The summed E-state index contributed by atoms with van der Waals surface area (Å²) in [5.74, 6) is 0.896. The molecule has 1 aliphatic rings. The fourth-order valence-corrected chi connectivity index (χ4v) is 2.37. The fourth-order valence-electron chi connectivity index (χ4n) is 2.37. The van der Waals surface area contributed by atoms with Crippen molar-refractivity contribution in [2.24, 2.45) is 0 Å². The maximum atomic E-state index is 9.68. The van der Waals surface area contributed by atoms with Crippen molar-refractivity contribution in [1.29, 1.82) is 0 Å². The Morgan fingerprint density at radius 3 is 2.65 bits per heavy atom. The Labute approximate surface area is 103 Å². The highest BCUT2D eigenvalue weighted by Crippen LogP contribution is 2.18. The molecule has 0 unspecified atom stereocenters. The van der Waals surface area contributed by atoms with E-state index in [9.17, 15) is 5.11 Å². The molecule has 1 saturated carbocycles. The van der Waals surface area contributed by atoms with Crippen LogP contribution in [0.5, 0.6) is 5.75 Å². The van der Waals surface area contributed by atoms with E-state index >= 15 is 0 Å². The second-order valence-electron chi connectivity index (χ2n) is 4.66. The van der Waals surface area contributed by atoms with Crippen LogP contribution < -0.4 is 10.1 Å². The van der Waals surface area contributed by atoms with Crippen LogP contribution in [0.4, 0.5) is 0 Å². The van der Waals surface area contributed by atoms with Crippen molar-refractivity contribution in [3.63, 3.8) is 0 Å². The third-order valence-electron chi connectivity index (χ3n) is 3.46. The third-order valence-corrected chi connectivity index (χ3v) is 3.46. The van der Waals surface area contributed by atoms with Crippen molar-refractivity contribution in [2.45, 2.75) is 37.8 Å². The smallest absolute Gasteiger partial charge is 0.118 e. The highest BCUT2D eigenvalue weighted by atomic mass is 16.5. The molecule has 1 fully saturated rings. The van der Waals surface area contributed by atoms with Gasteiger partial charge in [0.2, 0.25) is 0 Å². The minimum absolute atomic E-state index is 0.147. The molecule has 0 saturated heterocycles. The van der Waals surface area contributed by atoms with Gasteiger partial charge in [-0.3, -0.25) is 0 Å². The number of ether oxygens (including phenoxy) is 1. The van der Waals surface area contributed by atoms with Crippen LogP contribution >= 0.6 is 0 Å². The number of nitrogens with one attached hydrogen (secondary N) is 1. The first kappa shape index (κ1) is 12.4. The van der Waals surface area contributed by atoms with Crippen molar-refractivity contribution < 1.29 is 9.84 Å². The van der Waals surface area contributed by atoms with E-state index < -0.39 is 0 Å². The topological polar surface area (TPSA) is 41.5 Å². The number of benzene rings is 1. The van der Waals surface area contributed by atoms with Gasteiger partial charge in [0, 0.05) is 6.04 Å². The molecule has 94 valence electrons. The molecule has 17 heavy (non-hydrogen) atoms. The SMILES string of the molecule is COc1ccc(CCN[C@H]2CCC[C@@H]2O)cc1. The summed E-state index contributed by atoms with van der Waals surface area (Å²) in [6, 6.07) is 8.45. The minimum Gasteiger partial charge on any atom is -0.497 e. The van der Waals surface area contributed by atoms with Gasteiger partial charge in [0.15, 0.2) is 0 Å². The van der Waals surface area contributed by atoms with Crippen molar-refractivity contribution in [2.75, 3.05) is 13.7 Å². The molecular formula is C14H21NO2. The molecule has 0 aliphatic heterocycles. The third kappa shape index (κ3) is 3.45. The molecule has 1 aromatic rings. The minimum atomic E-state index is -0.147. The maximum Gasteiger partial charge on any atom is 0.118 e. The Hall–Kier alpha value is -1.06. The van der Waals surface area contributed by atoms with E-state index in [0.29, 0.717) is 6.04 Å². The van der Waals surface area contributed by atoms with E-state index in [1.54, 1.807) is 7.11 Å². The lowest BCUT2D eigenvalue weighted by atomic mass is 10.1. The van der Waals surface area contributed by atoms with Crippen LogP contribution in [0.25, 0.3) is 0 Å². The summed E-state index contributed by atoms with van der Waals surface area (Å²) in [5, 5.41) is 13.1. The Kier molecular flexibility index (Phi) is 4.40. The van der Waals surface area contributed by atoms with Crippen LogP contribution in [0.15, 0.2) is 24.3 Å². The molecule has 3 nitrogen and oxygen atoms in total. The van der Waals surface area contributed by atoms with Gasteiger partial charge in [-0.1, -0.05) is 12.1 Å². The van der Waals surface area contributed by atoms with E-state index in [1.165, 1.54) is 5.56 Å². The maximum absolute atomic E-state index is 9.68. The number of rotatable bonds is 5. The molecular weight excluding hydrogens is 214 g/mol. The van der Waals surface area contributed by atoms with Crippen LogP contribution in [0.2, 0.25) is 0 Å². The average molecular weight is 235 g/mol. The van der Waals surface area contributed by atoms with E-state index in [-0.39, 0.29) is 6.10 Å². The van der Waals surface area contributed by atoms with E-state index in [4.69, 9.17) is 4.74 Å². The first-order valence-electron chi connectivity index (χ1n) is 6.34. The summed E-state index contributed by atoms with van der Waals surface area (Å²) < 4.78 is 5.12. The molecule has 0 amide bonds. The first-order chi connectivity index (χ1) is 8.29. The monoisotopic (exact) mass is 235 g/mol. The second-order valence-corrected chi connectivity index (χ2v) is 4.66. The Balaban J connectivity index is 1.73. The molecule has 1 aromatic carbocycles. The molecule has 2 rings (SSSR count). The van der Waals surface area contributed by atoms with Crippen LogP contribution in [-0.2, 0) is 6.42 Å². The van der Waals surface area contributed by atoms with Gasteiger partial charge < -0.3 is 15.2 Å². The standard InChI is InChI=1S/C14H21NO2/c1-17-12-7-5-11(6-8-12)9-10-15-13-3-2-4-14(13)16/h5-8,13-16H,2-4,9-10H2,1H3/t13-,14-/m0/s1. The molecule has 0 spiro atoms. The summed E-state index contributed by atoms with van der Waals surface area (Å²) in [5.41, 5.74) is 1.30. The van der Waals surface area contributed by atoms with E-state index in [2.05, 4.69) is 17.4 Å². The summed E-state index contributed by atoms with van der Waals surface area (Å²) in [6.45, 7) is 0.925. The van der Waals surface area contributed by atoms with Gasteiger partial charge in [0.25, 0.3) is 0 Å². The van der Waals surface area contributed by atoms with Crippen LogP contribution in [0.3, 0.4) is 0 Å². The predicted octanol–water partition coefficient (Wildman–Crippen LogP) is 1.74. The zero-order chi connectivity index (χ0) is 12.1. The van der Waals surface area contributed by atoms with Crippen molar-refractivity contribution >= 4 is 0 Å². The Morgan fingerprint density at radius 2 is 2.06 bits per heavy atom. The van der Waals surface area contributed by atoms with E-state index in [1.807, 2.05) is 12.1 Å². The molecule has 2 atom stereocenters. The normalized spacial score (nSPS) is 23.9. The van der Waals surface area contributed by atoms with Gasteiger partial charge in [0.1, 0.15) is 5.75 Å². The second kappa shape index (κ2) is 6.03. The van der Waals surface area contributed by atoms with Crippen LogP contribution in [0, 0.1) is 0 Å². The lowest BCUT2D eigenvalue weighted by Gasteiger charge is -2.16. The molecule has 0 aromatic heterocycles. The lowest BCUT2D eigenvalue weighted by molar-refractivity contribution is 0.149. The van der Waals surface area contributed by atoms with Crippen molar-refractivity contribution in [1.82, 2.24) is 5.32 Å². The highest BCUT2D eigenvalue weighted by Gasteiger charge is 2.23. The van der Waals surface area contributed by atoms with Crippen LogP contribution in [0.1, 0.15) is 24.8 Å². The molecule has 3 heteroatoms. The first-order valence-corrected chi connectivity index (χ1v) is 6.34. The molecule has 0 heterocycles. The molecule has 2 N–H and O–H groups in total. The Morgan fingerprint density at radius 1 is 1.29 bits per heavy atom. The van der Waals surface area contributed by atoms with Gasteiger partial charge >= 0.3 is 0 Å². The van der Waals surface area contributed by atoms with Gasteiger partial charge in [-0.05, 0) is 49.9 Å². The highest BCUT2D eigenvalue weighted by molar-refractivity contribution is 5.27. The molecule has 0 bridgehead atoms. The summed E-state index contributed by atoms with van der Waals surface area (Å²) in [6.07, 6.45) is 4.03. The average Bonchev–Trinajstić information content (AvgIpc) is 2.76. The van der Waals surface area contributed by atoms with Gasteiger partial charge in [-0.25, -0.2) is 0 Å². The lowest BCUT2D eigenvalue weighted by Crippen LogP contribution is -2.36. The van der Waals surface area contributed by atoms with Crippen molar-refractivity contribution in [3.05, 3.63) is 29.8 Å². The number of hydrogen-bond donors (Lipinski definition) is 2. The zero-order valence-corrected chi connectivity index (χ0v) is 10.4. The fraction of sp³-hybridized carbons (Fsp3) is 0.571.